The Balaban J connectivity index is 1.56. The van der Waals surface area contributed by atoms with Crippen molar-refractivity contribution < 1.29 is 23.5 Å². The predicted molar refractivity (Wildman–Crippen MR) is 104 cm³/mol. The van der Waals surface area contributed by atoms with E-state index >= 15 is 0 Å². The number of nitrogens with zero attached hydrogens (tertiary/aromatic N) is 2. The van der Waals surface area contributed by atoms with Crippen LogP contribution < -0.4 is 0 Å². The number of hydrogen-bond donors (Lipinski definition) is 0. The molecule has 0 bridgehead atoms. The Morgan fingerprint density at radius 3 is 2.61 bits per heavy atom. The minimum atomic E-state index is -0.746. The largest absolute Gasteiger partial charge is 0.466 e. The number of thioether (sulfide) groups is 1. The number of benzene rings is 1. The molecule has 0 radical (unpaired) electrons. The third-order valence-electron chi connectivity index (χ3n) is 4.45. The van der Waals surface area contributed by atoms with Crippen LogP contribution in [0.4, 0.5) is 0 Å². The summed E-state index contributed by atoms with van der Waals surface area (Å²) in [6.07, 6.45) is 1.53. The molecule has 1 aliphatic heterocycles. The zero-order chi connectivity index (χ0) is 20.1. The van der Waals surface area contributed by atoms with Crippen LogP contribution in [0.15, 0.2) is 53.1 Å². The van der Waals surface area contributed by atoms with E-state index in [9.17, 15) is 14.4 Å². The second-order valence-electron chi connectivity index (χ2n) is 6.49. The number of amides is 2. The second-order valence-corrected chi connectivity index (χ2v) is 7.60. The van der Waals surface area contributed by atoms with Gasteiger partial charge < -0.3 is 19.0 Å². The molecule has 2 heterocycles. The lowest BCUT2D eigenvalue weighted by molar-refractivity contribution is -0.158. The van der Waals surface area contributed by atoms with Crippen LogP contribution >= 0.6 is 11.8 Å². The van der Waals surface area contributed by atoms with Crippen LogP contribution in [0.5, 0.6) is 0 Å². The minimum absolute atomic E-state index is 0.249. The van der Waals surface area contributed by atoms with Crippen molar-refractivity contribution in [1.29, 1.82) is 0 Å². The van der Waals surface area contributed by atoms with Gasteiger partial charge in [-0.25, -0.2) is 4.79 Å². The fourth-order valence-electron chi connectivity index (χ4n) is 3.01. The fraction of sp³-hybridized carbons (Fsp3) is 0.350. The number of rotatable bonds is 6. The second kappa shape index (κ2) is 8.97. The maximum atomic E-state index is 12.5. The van der Waals surface area contributed by atoms with Crippen LogP contribution in [-0.4, -0.2) is 53.0 Å². The molecule has 0 N–H and O–H groups in total. The average Bonchev–Trinajstić information content (AvgIpc) is 3.35. The van der Waals surface area contributed by atoms with E-state index in [1.165, 1.54) is 34.7 Å². The quantitative estimate of drug-likeness (QED) is 0.691. The van der Waals surface area contributed by atoms with Gasteiger partial charge >= 0.3 is 5.97 Å². The summed E-state index contributed by atoms with van der Waals surface area (Å²) < 4.78 is 10.6. The molecular weight excluding hydrogens is 380 g/mol. The monoisotopic (exact) mass is 402 g/mol. The molecule has 2 atom stereocenters. The molecule has 1 aromatic carbocycles. The first-order chi connectivity index (χ1) is 13.5. The van der Waals surface area contributed by atoms with Crippen molar-refractivity contribution >= 4 is 29.5 Å². The van der Waals surface area contributed by atoms with Crippen LogP contribution in [0.1, 0.15) is 23.6 Å². The van der Waals surface area contributed by atoms with Crippen molar-refractivity contribution in [2.24, 2.45) is 0 Å². The van der Waals surface area contributed by atoms with E-state index < -0.39 is 12.0 Å². The van der Waals surface area contributed by atoms with E-state index in [-0.39, 0.29) is 23.8 Å². The van der Waals surface area contributed by atoms with Gasteiger partial charge in [0.25, 0.3) is 5.91 Å². The van der Waals surface area contributed by atoms with Gasteiger partial charge in [-0.2, -0.15) is 0 Å². The van der Waals surface area contributed by atoms with E-state index in [1.54, 1.807) is 19.2 Å². The summed E-state index contributed by atoms with van der Waals surface area (Å²) in [6, 6.07) is 12.3. The summed E-state index contributed by atoms with van der Waals surface area (Å²) in [5.74, 6) is -0.147. The molecule has 0 spiro atoms. The third-order valence-corrected chi connectivity index (χ3v) is 5.73. The third kappa shape index (κ3) is 4.56. The van der Waals surface area contributed by atoms with E-state index in [4.69, 9.17) is 9.15 Å². The summed E-state index contributed by atoms with van der Waals surface area (Å²) in [4.78, 5) is 39.9. The van der Waals surface area contributed by atoms with Gasteiger partial charge in [0, 0.05) is 26.3 Å². The molecular formula is C20H22N2O5S. The molecule has 2 aromatic rings. The number of carbonyl (C=O) groups excluding carboxylic acids is 3. The fourth-order valence-corrected chi connectivity index (χ4v) is 4.42. The molecule has 7 nitrogen and oxygen atoms in total. The highest BCUT2D eigenvalue weighted by Crippen LogP contribution is 2.41. The van der Waals surface area contributed by atoms with Gasteiger partial charge in [-0.15, -0.1) is 11.8 Å². The van der Waals surface area contributed by atoms with Crippen LogP contribution in [-0.2, 0) is 25.7 Å². The van der Waals surface area contributed by atoms with Gasteiger partial charge in [-0.05, 0) is 17.7 Å². The van der Waals surface area contributed by atoms with Crippen molar-refractivity contribution in [3.63, 3.8) is 0 Å². The summed E-state index contributed by atoms with van der Waals surface area (Å²) in [5, 5.41) is -0.374. The van der Waals surface area contributed by atoms with Gasteiger partial charge in [0.1, 0.15) is 17.2 Å². The molecule has 1 fully saturated rings. The number of esters is 1. The molecule has 8 heteroatoms. The summed E-state index contributed by atoms with van der Waals surface area (Å²) in [6.45, 7) is 1.47. The van der Waals surface area contributed by atoms with Crippen molar-refractivity contribution in [2.75, 3.05) is 19.4 Å². The SMILES string of the molecule is CC(=O)N1[C@H](C(=O)OCC(=O)N(C)Cc2ccccc2)CS[C@H]1c1ccco1. The molecule has 1 saturated heterocycles. The standard InChI is InChI=1S/C20H22N2O5S/c1-14(23)22-16(13-28-19(22)17-9-6-10-26-17)20(25)27-12-18(24)21(2)11-15-7-4-3-5-8-15/h3-10,16,19H,11-13H2,1-2H3/t16-,19-/m0/s1. The topological polar surface area (TPSA) is 80.1 Å². The van der Waals surface area contributed by atoms with Crippen LogP contribution in [0.3, 0.4) is 0 Å². The number of carbonyl (C=O) groups is 3. The summed E-state index contributed by atoms with van der Waals surface area (Å²) in [5.41, 5.74) is 0.987. The maximum Gasteiger partial charge on any atom is 0.330 e. The highest BCUT2D eigenvalue weighted by molar-refractivity contribution is 7.99. The lowest BCUT2D eigenvalue weighted by Crippen LogP contribution is -2.43. The number of likely N-dealkylation sites (N-methyl/N-ethyl adjacent to an activating group) is 1. The Morgan fingerprint density at radius 2 is 1.96 bits per heavy atom. The van der Waals surface area contributed by atoms with E-state index in [0.29, 0.717) is 18.1 Å². The zero-order valence-electron chi connectivity index (χ0n) is 15.7. The smallest absolute Gasteiger partial charge is 0.330 e. The van der Waals surface area contributed by atoms with Gasteiger partial charge in [-0.1, -0.05) is 30.3 Å². The van der Waals surface area contributed by atoms with Crippen molar-refractivity contribution in [1.82, 2.24) is 9.80 Å². The molecule has 0 saturated carbocycles. The average molecular weight is 402 g/mol. The zero-order valence-corrected chi connectivity index (χ0v) is 16.6. The van der Waals surface area contributed by atoms with Crippen molar-refractivity contribution in [3.05, 3.63) is 60.1 Å². The van der Waals surface area contributed by atoms with Gasteiger partial charge in [0.15, 0.2) is 6.61 Å². The Morgan fingerprint density at radius 1 is 1.21 bits per heavy atom. The first-order valence-electron chi connectivity index (χ1n) is 8.86. The van der Waals surface area contributed by atoms with Gasteiger partial charge in [0.2, 0.25) is 5.91 Å². The van der Waals surface area contributed by atoms with E-state index in [1.807, 2.05) is 30.3 Å². The predicted octanol–water partition coefficient (Wildman–Crippen LogP) is 2.44. The summed E-state index contributed by atoms with van der Waals surface area (Å²) in [7, 11) is 1.66. The van der Waals surface area contributed by atoms with Crippen LogP contribution in [0, 0.1) is 0 Å². The van der Waals surface area contributed by atoms with Crippen molar-refractivity contribution in [3.8, 4) is 0 Å². The first-order valence-corrected chi connectivity index (χ1v) is 9.90. The van der Waals surface area contributed by atoms with E-state index in [0.717, 1.165) is 5.56 Å². The Kier molecular flexibility index (Phi) is 6.41. The highest BCUT2D eigenvalue weighted by atomic mass is 32.2. The molecule has 0 unspecified atom stereocenters. The number of ether oxygens (including phenoxy) is 1. The Bertz CT molecular complexity index is 824. The Hall–Kier alpha value is -2.74. The maximum absolute atomic E-state index is 12.5. The Labute approximate surface area is 167 Å². The first kappa shape index (κ1) is 20.0. The number of furan rings is 1. The van der Waals surface area contributed by atoms with Crippen LogP contribution in [0.25, 0.3) is 0 Å². The molecule has 28 heavy (non-hydrogen) atoms. The lowest BCUT2D eigenvalue weighted by atomic mass is 10.2. The molecule has 1 aromatic heterocycles. The molecule has 0 aliphatic carbocycles. The molecule has 148 valence electrons. The number of hydrogen-bond acceptors (Lipinski definition) is 6. The van der Waals surface area contributed by atoms with Crippen LogP contribution in [0.2, 0.25) is 0 Å². The van der Waals surface area contributed by atoms with Gasteiger partial charge in [0.05, 0.1) is 6.26 Å². The summed E-state index contributed by atoms with van der Waals surface area (Å²) >= 11 is 1.43. The molecule has 2 amide bonds. The van der Waals surface area contributed by atoms with E-state index in [2.05, 4.69) is 0 Å². The van der Waals surface area contributed by atoms with Crippen molar-refractivity contribution in [2.45, 2.75) is 24.9 Å². The molecule has 1 aliphatic rings. The molecule has 3 rings (SSSR count). The van der Waals surface area contributed by atoms with Gasteiger partial charge in [-0.3, -0.25) is 9.59 Å². The lowest BCUT2D eigenvalue weighted by Gasteiger charge is -2.26. The normalized spacial score (nSPS) is 18.7. The highest BCUT2D eigenvalue weighted by Gasteiger charge is 2.43. The minimum Gasteiger partial charge on any atom is -0.466 e.